The molecule has 9 heteroatoms. The van der Waals surface area contributed by atoms with E-state index in [-0.39, 0.29) is 10.5 Å². The molecule has 0 saturated carbocycles. The van der Waals surface area contributed by atoms with Crippen LogP contribution in [-0.2, 0) is 14.8 Å². The number of carbonyl (C=O) groups excluding carboxylic acids is 1. The first-order chi connectivity index (χ1) is 16.4. The van der Waals surface area contributed by atoms with E-state index >= 15 is 0 Å². The second kappa shape index (κ2) is 10.0. The molecule has 8 nitrogen and oxygen atoms in total. The molecule has 1 amide bonds. The third-order valence-corrected chi connectivity index (χ3v) is 7.61. The van der Waals surface area contributed by atoms with Crippen LogP contribution in [0.2, 0.25) is 0 Å². The summed E-state index contributed by atoms with van der Waals surface area (Å²) in [6.07, 6.45) is 5.92. The van der Waals surface area contributed by atoms with Crippen LogP contribution >= 0.6 is 0 Å². The molecule has 174 valence electrons. The number of hydrogen-bond donors (Lipinski definition) is 1. The molecular weight excluding hydrogens is 450 g/mol. The van der Waals surface area contributed by atoms with Gasteiger partial charge < -0.3 is 5.32 Å². The summed E-state index contributed by atoms with van der Waals surface area (Å²) >= 11 is 0. The van der Waals surface area contributed by atoms with Crippen molar-refractivity contribution in [2.45, 2.75) is 24.2 Å². The van der Waals surface area contributed by atoms with Crippen LogP contribution in [0.25, 0.3) is 23.0 Å². The van der Waals surface area contributed by atoms with Crippen molar-refractivity contribution in [2.75, 3.05) is 20.1 Å². The van der Waals surface area contributed by atoms with Gasteiger partial charge in [-0.05, 0) is 43.2 Å². The lowest BCUT2D eigenvalue weighted by Gasteiger charge is -2.26. The van der Waals surface area contributed by atoms with E-state index < -0.39 is 15.9 Å². The number of nitriles is 1. The molecule has 1 aliphatic rings. The number of para-hydroxylation sites is 1. The van der Waals surface area contributed by atoms with E-state index in [0.29, 0.717) is 29.9 Å². The van der Waals surface area contributed by atoms with Crippen LogP contribution in [0.4, 0.5) is 0 Å². The second-order valence-corrected chi connectivity index (χ2v) is 9.89. The first-order valence-electron chi connectivity index (χ1n) is 11.0. The Bertz CT molecular complexity index is 1370. The Morgan fingerprint density at radius 1 is 1.09 bits per heavy atom. The number of carbonyl (C=O) groups is 1. The van der Waals surface area contributed by atoms with Crippen LogP contribution in [0, 0.1) is 11.3 Å². The largest absolute Gasteiger partial charge is 0.354 e. The molecule has 0 bridgehead atoms. The van der Waals surface area contributed by atoms with E-state index in [1.165, 1.54) is 17.4 Å². The van der Waals surface area contributed by atoms with Gasteiger partial charge in [0, 0.05) is 37.5 Å². The molecular formula is C25H25N5O3S. The molecule has 1 aliphatic heterocycles. The molecule has 1 aromatic heterocycles. The monoisotopic (exact) mass is 475 g/mol. The molecule has 1 saturated heterocycles. The Labute approximate surface area is 199 Å². The second-order valence-electron chi connectivity index (χ2n) is 7.95. The average Bonchev–Trinajstić information content (AvgIpc) is 3.32. The maximum atomic E-state index is 13.2. The molecule has 1 fully saturated rings. The number of aromatic nitrogens is 2. The predicted molar refractivity (Wildman–Crippen MR) is 129 cm³/mol. The predicted octanol–water partition coefficient (Wildman–Crippen LogP) is 3.37. The van der Waals surface area contributed by atoms with Crippen molar-refractivity contribution in [3.63, 3.8) is 0 Å². The first-order valence-corrected chi connectivity index (χ1v) is 12.5. The van der Waals surface area contributed by atoms with Crippen molar-refractivity contribution in [3.8, 4) is 23.0 Å². The number of rotatable bonds is 6. The van der Waals surface area contributed by atoms with Gasteiger partial charge >= 0.3 is 0 Å². The van der Waals surface area contributed by atoms with Crippen molar-refractivity contribution in [1.82, 2.24) is 19.4 Å². The maximum absolute atomic E-state index is 13.2. The molecule has 0 aliphatic carbocycles. The van der Waals surface area contributed by atoms with Gasteiger partial charge in [0.05, 0.1) is 10.6 Å². The molecule has 34 heavy (non-hydrogen) atoms. The van der Waals surface area contributed by atoms with E-state index in [1.54, 1.807) is 35.1 Å². The van der Waals surface area contributed by atoms with Crippen LogP contribution in [0.3, 0.4) is 0 Å². The lowest BCUT2D eigenvalue weighted by atomic mass is 10.1. The normalized spacial score (nSPS) is 15.0. The molecule has 2 aromatic carbocycles. The molecule has 0 radical (unpaired) electrons. The Balaban J connectivity index is 1.83. The molecule has 1 N–H and O–H groups in total. The number of sulfonamides is 1. The van der Waals surface area contributed by atoms with Gasteiger partial charge in [-0.25, -0.2) is 13.1 Å². The molecule has 0 spiro atoms. The average molecular weight is 476 g/mol. The highest BCUT2D eigenvalue weighted by Gasteiger charge is 2.26. The van der Waals surface area contributed by atoms with E-state index in [4.69, 9.17) is 0 Å². The van der Waals surface area contributed by atoms with Gasteiger partial charge in [-0.1, -0.05) is 36.8 Å². The van der Waals surface area contributed by atoms with Gasteiger partial charge in [0.2, 0.25) is 10.0 Å². The summed E-state index contributed by atoms with van der Waals surface area (Å²) in [6, 6.07) is 18.0. The SMILES string of the molecule is CNC(=O)/C(C#N)=C\c1cn(-c2ccccc2)nc1-c1cccc(S(=O)(=O)N2CCCCC2)c1. The van der Waals surface area contributed by atoms with Gasteiger partial charge in [-0.2, -0.15) is 14.7 Å². The number of benzene rings is 2. The van der Waals surface area contributed by atoms with E-state index in [2.05, 4.69) is 10.4 Å². The number of piperidine rings is 1. The zero-order valence-corrected chi connectivity index (χ0v) is 19.6. The summed E-state index contributed by atoms with van der Waals surface area (Å²) in [4.78, 5) is 12.3. The first kappa shape index (κ1) is 23.4. The van der Waals surface area contributed by atoms with Crippen molar-refractivity contribution < 1.29 is 13.2 Å². The van der Waals surface area contributed by atoms with Crippen LogP contribution in [0.5, 0.6) is 0 Å². The van der Waals surface area contributed by atoms with Crippen molar-refractivity contribution in [3.05, 3.63) is 71.9 Å². The summed E-state index contributed by atoms with van der Waals surface area (Å²) in [6.45, 7) is 1.03. The molecule has 3 aromatic rings. The van der Waals surface area contributed by atoms with Gasteiger partial charge in [0.25, 0.3) is 5.91 Å². The molecule has 2 heterocycles. The van der Waals surface area contributed by atoms with Crippen molar-refractivity contribution in [2.24, 2.45) is 0 Å². The zero-order valence-electron chi connectivity index (χ0n) is 18.8. The fourth-order valence-corrected chi connectivity index (χ4v) is 5.49. The fraction of sp³-hybridized carbons (Fsp3) is 0.240. The number of nitrogens with one attached hydrogen (secondary N) is 1. The van der Waals surface area contributed by atoms with Crippen molar-refractivity contribution in [1.29, 1.82) is 5.26 Å². The summed E-state index contributed by atoms with van der Waals surface area (Å²) in [5.74, 6) is -0.512. The summed E-state index contributed by atoms with van der Waals surface area (Å²) in [5.41, 5.74) is 2.29. The highest BCUT2D eigenvalue weighted by molar-refractivity contribution is 7.89. The fourth-order valence-electron chi connectivity index (χ4n) is 3.93. The minimum absolute atomic E-state index is 0.0755. The number of amides is 1. The summed E-state index contributed by atoms with van der Waals surface area (Å²) < 4.78 is 29.6. The number of hydrogen-bond acceptors (Lipinski definition) is 5. The number of nitrogens with zero attached hydrogens (tertiary/aromatic N) is 4. The third kappa shape index (κ3) is 4.78. The Morgan fingerprint density at radius 3 is 2.50 bits per heavy atom. The Hall–Kier alpha value is -3.74. The van der Waals surface area contributed by atoms with E-state index in [9.17, 15) is 18.5 Å². The van der Waals surface area contributed by atoms with Crippen molar-refractivity contribution >= 4 is 22.0 Å². The van der Waals surface area contributed by atoms with Gasteiger partial charge in [0.1, 0.15) is 17.3 Å². The summed E-state index contributed by atoms with van der Waals surface area (Å²) in [5, 5.41) is 16.6. The van der Waals surface area contributed by atoms with Crippen LogP contribution in [0.15, 0.2) is 71.3 Å². The van der Waals surface area contributed by atoms with Crippen LogP contribution < -0.4 is 5.32 Å². The quantitative estimate of drug-likeness (QED) is 0.434. The van der Waals surface area contributed by atoms with E-state index in [0.717, 1.165) is 24.9 Å². The Morgan fingerprint density at radius 2 is 1.82 bits per heavy atom. The maximum Gasteiger partial charge on any atom is 0.261 e. The highest BCUT2D eigenvalue weighted by atomic mass is 32.2. The molecule has 0 unspecified atom stereocenters. The minimum atomic E-state index is -3.63. The highest BCUT2D eigenvalue weighted by Crippen LogP contribution is 2.29. The van der Waals surface area contributed by atoms with Crippen LogP contribution in [0.1, 0.15) is 24.8 Å². The molecule has 0 atom stereocenters. The van der Waals surface area contributed by atoms with Gasteiger partial charge in [-0.15, -0.1) is 0 Å². The zero-order chi connectivity index (χ0) is 24.1. The standard InChI is InChI=1S/C25H25N5O3S/c1-27-25(31)20(17-26)15-21-18-30(22-10-4-2-5-11-22)28-24(21)19-9-8-12-23(16-19)34(32,33)29-13-6-3-7-14-29/h2,4-5,8-12,15-16,18H,3,6-7,13-14H2,1H3,(H,27,31)/b20-15-. The molecule has 4 rings (SSSR count). The third-order valence-electron chi connectivity index (χ3n) is 5.72. The Kier molecular flexibility index (Phi) is 6.91. The number of likely N-dealkylation sites (N-methyl/N-ethyl adjacent to an activating group) is 1. The van der Waals surface area contributed by atoms with Gasteiger partial charge in [0.15, 0.2) is 0 Å². The topological polar surface area (TPSA) is 108 Å². The van der Waals surface area contributed by atoms with Crippen LogP contribution in [-0.4, -0.2) is 48.5 Å². The van der Waals surface area contributed by atoms with Gasteiger partial charge in [-0.3, -0.25) is 4.79 Å². The lowest BCUT2D eigenvalue weighted by molar-refractivity contribution is -0.116. The smallest absolute Gasteiger partial charge is 0.261 e. The lowest BCUT2D eigenvalue weighted by Crippen LogP contribution is -2.35. The summed E-state index contributed by atoms with van der Waals surface area (Å²) in [7, 11) is -2.17. The minimum Gasteiger partial charge on any atom is -0.354 e. The van der Waals surface area contributed by atoms with E-state index in [1.807, 2.05) is 36.4 Å².